The highest BCUT2D eigenvalue weighted by Crippen LogP contribution is 2.34. The van der Waals surface area contributed by atoms with Crippen LogP contribution >= 0.6 is 0 Å². The maximum absolute atomic E-state index is 5.98. The van der Waals surface area contributed by atoms with Crippen molar-refractivity contribution in [1.82, 2.24) is 10.2 Å². The Labute approximate surface area is 128 Å². The summed E-state index contributed by atoms with van der Waals surface area (Å²) in [5.41, 5.74) is 7.24. The first-order valence-corrected chi connectivity index (χ1v) is 8.13. The minimum atomic E-state index is 0.192. The number of aliphatic imine (C=N–C) groups is 1. The van der Waals surface area contributed by atoms with Gasteiger partial charge in [0, 0.05) is 25.2 Å². The lowest BCUT2D eigenvalue weighted by atomic mass is 9.80. The van der Waals surface area contributed by atoms with Crippen LogP contribution in [0.2, 0.25) is 0 Å². The number of morpholine rings is 1. The maximum Gasteiger partial charge on any atom is 0.188 e. The summed E-state index contributed by atoms with van der Waals surface area (Å²) in [6, 6.07) is 0. The zero-order chi connectivity index (χ0) is 15.1. The molecule has 1 saturated carbocycles. The van der Waals surface area contributed by atoms with Crippen LogP contribution in [0, 0.1) is 0 Å². The van der Waals surface area contributed by atoms with Gasteiger partial charge in [0.15, 0.2) is 5.96 Å². The molecule has 5 heteroatoms. The first-order valence-electron chi connectivity index (χ1n) is 8.13. The van der Waals surface area contributed by atoms with Crippen molar-refractivity contribution in [2.24, 2.45) is 10.7 Å². The molecule has 0 aromatic rings. The molecule has 0 atom stereocenters. The van der Waals surface area contributed by atoms with Crippen LogP contribution in [-0.4, -0.2) is 55.8 Å². The molecule has 1 saturated heterocycles. The van der Waals surface area contributed by atoms with Crippen LogP contribution in [0.15, 0.2) is 17.1 Å². The van der Waals surface area contributed by atoms with Gasteiger partial charge in [0.2, 0.25) is 0 Å². The van der Waals surface area contributed by atoms with Crippen molar-refractivity contribution < 1.29 is 4.74 Å². The lowest BCUT2D eigenvalue weighted by Crippen LogP contribution is -2.56. The molecular weight excluding hydrogens is 264 g/mol. The molecule has 21 heavy (non-hydrogen) atoms. The topological polar surface area (TPSA) is 62.9 Å². The SMILES string of the molecule is C=C(C)CNC(N)=NCC1(N2CCOCC2)CCCCC1. The average Bonchev–Trinajstić information content (AvgIpc) is 2.52. The number of nitrogens with two attached hydrogens (primary N) is 1. The third-order valence-electron chi connectivity index (χ3n) is 4.58. The van der Waals surface area contributed by atoms with Crippen molar-refractivity contribution in [3.8, 4) is 0 Å². The number of hydrogen-bond donors (Lipinski definition) is 2. The van der Waals surface area contributed by atoms with E-state index in [2.05, 4.69) is 21.8 Å². The molecule has 0 amide bonds. The van der Waals surface area contributed by atoms with Crippen molar-refractivity contribution in [2.45, 2.75) is 44.6 Å². The van der Waals surface area contributed by atoms with Gasteiger partial charge < -0.3 is 15.8 Å². The summed E-state index contributed by atoms with van der Waals surface area (Å²) in [5.74, 6) is 0.538. The highest BCUT2D eigenvalue weighted by Gasteiger charge is 2.38. The summed E-state index contributed by atoms with van der Waals surface area (Å²) in [6.07, 6.45) is 6.39. The fraction of sp³-hybridized carbons (Fsp3) is 0.812. The number of hydrogen-bond acceptors (Lipinski definition) is 3. The van der Waals surface area contributed by atoms with Gasteiger partial charge in [-0.2, -0.15) is 0 Å². The molecule has 2 fully saturated rings. The first kappa shape index (κ1) is 16.3. The Hall–Kier alpha value is -1.07. The van der Waals surface area contributed by atoms with Gasteiger partial charge in [-0.25, -0.2) is 0 Å². The average molecular weight is 294 g/mol. The third kappa shape index (κ3) is 4.71. The predicted molar refractivity (Wildman–Crippen MR) is 87.5 cm³/mol. The Kier molecular flexibility index (Phi) is 6.06. The zero-order valence-corrected chi connectivity index (χ0v) is 13.4. The Morgan fingerprint density at radius 2 is 1.95 bits per heavy atom. The molecular formula is C16H30N4O. The second-order valence-corrected chi connectivity index (χ2v) is 6.40. The lowest BCUT2D eigenvalue weighted by Gasteiger charge is -2.47. The minimum absolute atomic E-state index is 0.192. The highest BCUT2D eigenvalue weighted by molar-refractivity contribution is 5.78. The molecule has 0 unspecified atom stereocenters. The molecule has 0 aromatic carbocycles. The lowest BCUT2D eigenvalue weighted by molar-refractivity contribution is -0.0333. The van der Waals surface area contributed by atoms with Crippen LogP contribution in [0.1, 0.15) is 39.0 Å². The molecule has 1 aliphatic carbocycles. The fourth-order valence-electron chi connectivity index (χ4n) is 3.35. The van der Waals surface area contributed by atoms with Gasteiger partial charge in [-0.1, -0.05) is 31.4 Å². The quantitative estimate of drug-likeness (QED) is 0.458. The Morgan fingerprint density at radius 3 is 2.57 bits per heavy atom. The van der Waals surface area contributed by atoms with E-state index in [1.807, 2.05) is 6.92 Å². The summed E-state index contributed by atoms with van der Waals surface area (Å²) < 4.78 is 5.50. The van der Waals surface area contributed by atoms with Crippen molar-refractivity contribution >= 4 is 5.96 Å². The second-order valence-electron chi connectivity index (χ2n) is 6.40. The summed E-state index contributed by atoms with van der Waals surface area (Å²) >= 11 is 0. The van der Waals surface area contributed by atoms with Crippen molar-refractivity contribution in [2.75, 3.05) is 39.4 Å². The van der Waals surface area contributed by atoms with Gasteiger partial charge in [0.25, 0.3) is 0 Å². The number of guanidine groups is 1. The number of nitrogens with zero attached hydrogens (tertiary/aromatic N) is 2. The van der Waals surface area contributed by atoms with Gasteiger partial charge in [0.05, 0.1) is 19.8 Å². The van der Waals surface area contributed by atoms with Gasteiger partial charge in [-0.15, -0.1) is 0 Å². The molecule has 0 spiro atoms. The van der Waals surface area contributed by atoms with Crippen LogP contribution in [0.25, 0.3) is 0 Å². The predicted octanol–water partition coefficient (Wildman–Crippen LogP) is 1.50. The molecule has 0 bridgehead atoms. The second kappa shape index (κ2) is 7.80. The Bertz CT molecular complexity index is 368. The molecule has 1 aliphatic heterocycles. The standard InChI is InChI=1S/C16H30N4O/c1-14(2)12-18-15(17)19-13-16(6-4-3-5-7-16)20-8-10-21-11-9-20/h1,3-13H2,2H3,(H3,17,18,19). The Morgan fingerprint density at radius 1 is 1.29 bits per heavy atom. The van der Waals surface area contributed by atoms with E-state index in [1.54, 1.807) is 0 Å². The Balaban J connectivity index is 1.98. The van der Waals surface area contributed by atoms with Crippen LogP contribution in [-0.2, 0) is 4.74 Å². The summed E-state index contributed by atoms with van der Waals surface area (Å²) in [4.78, 5) is 7.22. The van der Waals surface area contributed by atoms with Crippen LogP contribution in [0.4, 0.5) is 0 Å². The maximum atomic E-state index is 5.98. The minimum Gasteiger partial charge on any atom is -0.379 e. The summed E-state index contributed by atoms with van der Waals surface area (Å²) in [5, 5.41) is 3.13. The summed E-state index contributed by atoms with van der Waals surface area (Å²) in [7, 11) is 0. The van der Waals surface area contributed by atoms with Crippen LogP contribution < -0.4 is 11.1 Å². The number of rotatable bonds is 5. The van der Waals surface area contributed by atoms with E-state index in [-0.39, 0.29) is 5.54 Å². The van der Waals surface area contributed by atoms with Gasteiger partial charge in [0.1, 0.15) is 0 Å². The largest absolute Gasteiger partial charge is 0.379 e. The van der Waals surface area contributed by atoms with E-state index in [9.17, 15) is 0 Å². The fourth-order valence-corrected chi connectivity index (χ4v) is 3.35. The third-order valence-corrected chi connectivity index (χ3v) is 4.58. The van der Waals surface area contributed by atoms with Crippen LogP contribution in [0.5, 0.6) is 0 Å². The van der Waals surface area contributed by atoms with Crippen LogP contribution in [0.3, 0.4) is 0 Å². The molecule has 1 heterocycles. The van der Waals surface area contributed by atoms with E-state index in [0.717, 1.165) is 38.4 Å². The summed E-state index contributed by atoms with van der Waals surface area (Å²) in [6.45, 7) is 11.1. The van der Waals surface area contributed by atoms with Crippen molar-refractivity contribution in [3.63, 3.8) is 0 Å². The van der Waals surface area contributed by atoms with Gasteiger partial charge in [-0.05, 0) is 19.8 Å². The molecule has 0 radical (unpaired) electrons. The van der Waals surface area contributed by atoms with E-state index < -0.39 is 0 Å². The number of nitrogens with one attached hydrogen (secondary N) is 1. The molecule has 120 valence electrons. The van der Waals surface area contributed by atoms with Gasteiger partial charge in [-0.3, -0.25) is 9.89 Å². The molecule has 2 aliphatic rings. The highest BCUT2D eigenvalue weighted by atomic mass is 16.5. The normalized spacial score (nSPS) is 23.8. The first-order chi connectivity index (χ1) is 10.1. The molecule has 2 rings (SSSR count). The van der Waals surface area contributed by atoms with E-state index in [0.29, 0.717) is 12.5 Å². The molecule has 3 N–H and O–H groups in total. The van der Waals surface area contributed by atoms with Crippen molar-refractivity contribution in [1.29, 1.82) is 0 Å². The van der Waals surface area contributed by atoms with E-state index in [1.165, 1.54) is 32.1 Å². The van der Waals surface area contributed by atoms with E-state index in [4.69, 9.17) is 10.5 Å². The number of ether oxygens (including phenoxy) is 1. The van der Waals surface area contributed by atoms with Gasteiger partial charge >= 0.3 is 0 Å². The molecule has 0 aromatic heterocycles. The molecule has 5 nitrogen and oxygen atoms in total. The monoisotopic (exact) mass is 294 g/mol. The zero-order valence-electron chi connectivity index (χ0n) is 13.4. The van der Waals surface area contributed by atoms with E-state index >= 15 is 0 Å². The van der Waals surface area contributed by atoms with Crippen molar-refractivity contribution in [3.05, 3.63) is 12.2 Å². The smallest absolute Gasteiger partial charge is 0.188 e.